The van der Waals surface area contributed by atoms with E-state index in [9.17, 15) is 0 Å². The summed E-state index contributed by atoms with van der Waals surface area (Å²) in [5, 5.41) is 0. The van der Waals surface area contributed by atoms with Gasteiger partial charge in [0.25, 0.3) is 0 Å². The Bertz CT molecular complexity index is 220. The van der Waals surface area contributed by atoms with Gasteiger partial charge in [0.05, 0.1) is 0 Å². The molecular weight excluding hydrogens is 132 g/mol. The van der Waals surface area contributed by atoms with Crippen molar-refractivity contribution in [2.45, 2.75) is 32.6 Å². The van der Waals surface area contributed by atoms with Gasteiger partial charge in [-0.1, -0.05) is 24.0 Å². The molecule has 0 radical (unpaired) electrons. The van der Waals surface area contributed by atoms with E-state index in [4.69, 9.17) is 0 Å². The van der Waals surface area contributed by atoms with E-state index in [0.29, 0.717) is 0 Å². The molecule has 0 aromatic carbocycles. The first-order chi connectivity index (χ1) is 5.43. The first-order valence-corrected chi connectivity index (χ1v) is 4.25. The highest BCUT2D eigenvalue weighted by molar-refractivity contribution is 5.33. The van der Waals surface area contributed by atoms with Crippen molar-refractivity contribution in [2.24, 2.45) is 0 Å². The van der Waals surface area contributed by atoms with Crippen molar-refractivity contribution >= 4 is 0 Å². The highest BCUT2D eigenvalue weighted by Gasteiger charge is 1.98. The van der Waals surface area contributed by atoms with Gasteiger partial charge in [0, 0.05) is 0 Å². The number of hydrogen-bond donors (Lipinski definition) is 0. The minimum Gasteiger partial charge on any atom is -0.0793 e. The summed E-state index contributed by atoms with van der Waals surface area (Å²) in [6, 6.07) is 0. The van der Waals surface area contributed by atoms with Crippen LogP contribution in [0.5, 0.6) is 0 Å². The summed E-state index contributed by atoms with van der Waals surface area (Å²) < 4.78 is 0. The maximum atomic E-state index is 3.15. The van der Waals surface area contributed by atoms with Gasteiger partial charge in [-0.25, -0.2) is 0 Å². The van der Waals surface area contributed by atoms with Crippen LogP contribution in [0.2, 0.25) is 0 Å². The van der Waals surface area contributed by atoms with Crippen molar-refractivity contribution < 1.29 is 0 Å². The summed E-state index contributed by atoms with van der Waals surface area (Å²) in [5.41, 5.74) is 1.33. The number of rotatable bonds is 0. The summed E-state index contributed by atoms with van der Waals surface area (Å²) >= 11 is 0. The molecule has 0 heterocycles. The van der Waals surface area contributed by atoms with Gasteiger partial charge in [-0.3, -0.25) is 0 Å². The van der Waals surface area contributed by atoms with Crippen molar-refractivity contribution in [2.75, 3.05) is 0 Å². The molecule has 11 heavy (non-hydrogen) atoms. The molecule has 0 fully saturated rings. The lowest BCUT2D eigenvalue weighted by Gasteiger charge is -2.05. The fourth-order valence-corrected chi connectivity index (χ4v) is 1.17. The first-order valence-electron chi connectivity index (χ1n) is 4.25. The van der Waals surface area contributed by atoms with Gasteiger partial charge in [0.2, 0.25) is 0 Å². The molecule has 0 bridgehead atoms. The van der Waals surface area contributed by atoms with Gasteiger partial charge in [-0.05, 0) is 44.3 Å². The zero-order valence-electron chi connectivity index (χ0n) is 7.06. The Morgan fingerprint density at radius 3 is 3.00 bits per heavy atom. The van der Waals surface area contributed by atoms with Crippen LogP contribution >= 0.6 is 0 Å². The lowest BCUT2D eigenvalue weighted by molar-refractivity contribution is 0.715. The van der Waals surface area contributed by atoms with Crippen LogP contribution < -0.4 is 0 Å². The molecule has 0 heteroatoms. The minimum atomic E-state index is 1.19. The third kappa shape index (κ3) is 3.09. The zero-order chi connectivity index (χ0) is 7.94. The highest BCUT2D eigenvalue weighted by Crippen LogP contribution is 2.15. The van der Waals surface area contributed by atoms with Crippen molar-refractivity contribution in [3.63, 3.8) is 0 Å². The molecule has 58 valence electrons. The van der Waals surface area contributed by atoms with E-state index in [2.05, 4.69) is 17.9 Å². The van der Waals surface area contributed by atoms with Crippen molar-refractivity contribution in [1.82, 2.24) is 0 Å². The van der Waals surface area contributed by atoms with Gasteiger partial charge in [0.15, 0.2) is 0 Å². The van der Waals surface area contributed by atoms with E-state index in [-0.39, 0.29) is 0 Å². The molecule has 1 rings (SSSR count). The fraction of sp³-hybridized carbons (Fsp3) is 0.455. The Labute approximate surface area is 69.0 Å². The second-order valence-corrected chi connectivity index (χ2v) is 2.74. The molecule has 0 N–H and O–H groups in total. The summed E-state index contributed by atoms with van der Waals surface area (Å²) in [7, 11) is 0. The first kappa shape index (κ1) is 8.14. The average Bonchev–Trinajstić information content (AvgIpc) is 2.07. The molecule has 1 aliphatic carbocycles. The van der Waals surface area contributed by atoms with Crippen molar-refractivity contribution in [3.8, 4) is 11.8 Å². The molecular formula is C11H14. The van der Waals surface area contributed by atoms with E-state index >= 15 is 0 Å². The van der Waals surface area contributed by atoms with Gasteiger partial charge >= 0.3 is 0 Å². The third-order valence-electron chi connectivity index (χ3n) is 1.77. The van der Waals surface area contributed by atoms with Crippen molar-refractivity contribution in [1.29, 1.82) is 0 Å². The quantitative estimate of drug-likeness (QED) is 0.461. The standard InChI is InChI=1S/C11H14/c1-2-3-5-8-11-9-6-4-7-10-11/h2-3,9H,4,6-7,10H2,1H3/b3-2-. The molecule has 0 unspecified atom stereocenters. The van der Waals surface area contributed by atoms with Crippen molar-refractivity contribution in [3.05, 3.63) is 23.8 Å². The predicted octanol–water partition coefficient (Wildman–Crippen LogP) is 3.07. The molecule has 0 aliphatic heterocycles. The largest absolute Gasteiger partial charge is 0.0793 e. The normalized spacial score (nSPS) is 17.4. The fourth-order valence-electron chi connectivity index (χ4n) is 1.17. The summed E-state index contributed by atoms with van der Waals surface area (Å²) in [5.74, 6) is 6.15. The summed E-state index contributed by atoms with van der Waals surface area (Å²) in [6.07, 6.45) is 11.2. The molecule has 0 nitrogen and oxygen atoms in total. The second-order valence-electron chi connectivity index (χ2n) is 2.74. The Balaban J connectivity index is 2.49. The van der Waals surface area contributed by atoms with Crippen LogP contribution in [0, 0.1) is 11.8 Å². The van der Waals surface area contributed by atoms with Crippen LogP contribution in [0.15, 0.2) is 23.8 Å². The molecule has 1 aliphatic rings. The summed E-state index contributed by atoms with van der Waals surface area (Å²) in [4.78, 5) is 0. The maximum absolute atomic E-state index is 3.15. The van der Waals surface area contributed by atoms with Crippen LogP contribution in [0.25, 0.3) is 0 Å². The maximum Gasteiger partial charge on any atom is -0.00160 e. The van der Waals surface area contributed by atoms with E-state index in [1.165, 1.54) is 31.3 Å². The Kier molecular flexibility index (Phi) is 3.55. The van der Waals surface area contributed by atoms with Crippen LogP contribution in [-0.4, -0.2) is 0 Å². The monoisotopic (exact) mass is 146 g/mol. The Morgan fingerprint density at radius 1 is 1.45 bits per heavy atom. The SMILES string of the molecule is C/C=C\C#CC1=CCCCC1. The Morgan fingerprint density at radius 2 is 2.36 bits per heavy atom. The smallest absolute Gasteiger partial charge is 0.00160 e. The lowest BCUT2D eigenvalue weighted by Crippen LogP contribution is -1.87. The lowest BCUT2D eigenvalue weighted by atomic mass is 10.0. The van der Waals surface area contributed by atoms with Gasteiger partial charge in [-0.15, -0.1) is 0 Å². The molecule has 0 spiro atoms. The highest BCUT2D eigenvalue weighted by atomic mass is 14.0. The van der Waals surface area contributed by atoms with Gasteiger partial charge < -0.3 is 0 Å². The van der Waals surface area contributed by atoms with E-state index in [1.807, 2.05) is 19.1 Å². The molecule has 0 amide bonds. The average molecular weight is 146 g/mol. The number of allylic oxidation sites excluding steroid dienone is 4. The van der Waals surface area contributed by atoms with Crippen LogP contribution in [0.3, 0.4) is 0 Å². The number of hydrogen-bond acceptors (Lipinski definition) is 0. The van der Waals surface area contributed by atoms with E-state index < -0.39 is 0 Å². The Hall–Kier alpha value is -0.960. The predicted molar refractivity (Wildman–Crippen MR) is 49.1 cm³/mol. The topological polar surface area (TPSA) is 0 Å². The molecule has 0 saturated carbocycles. The van der Waals surface area contributed by atoms with Crippen LogP contribution in [0.1, 0.15) is 32.6 Å². The van der Waals surface area contributed by atoms with Crippen LogP contribution in [0.4, 0.5) is 0 Å². The van der Waals surface area contributed by atoms with Gasteiger partial charge in [0.1, 0.15) is 0 Å². The molecule has 0 atom stereocenters. The third-order valence-corrected chi connectivity index (χ3v) is 1.77. The van der Waals surface area contributed by atoms with E-state index in [1.54, 1.807) is 0 Å². The van der Waals surface area contributed by atoms with Crippen LogP contribution in [-0.2, 0) is 0 Å². The van der Waals surface area contributed by atoms with E-state index in [0.717, 1.165) is 0 Å². The second kappa shape index (κ2) is 4.79. The zero-order valence-corrected chi connectivity index (χ0v) is 7.06. The minimum absolute atomic E-state index is 1.19. The summed E-state index contributed by atoms with van der Waals surface area (Å²) in [6.45, 7) is 1.99. The molecule has 0 saturated heterocycles. The molecule has 0 aromatic rings. The van der Waals surface area contributed by atoms with Gasteiger partial charge in [-0.2, -0.15) is 0 Å². The molecule has 0 aromatic heterocycles.